The Labute approximate surface area is 120 Å². The minimum atomic E-state index is -0.245. The fourth-order valence-corrected chi connectivity index (χ4v) is 2.40. The molecule has 2 aromatic carbocycles. The SMILES string of the molecule is COc1ccc(Br)cc1C(N)Cc1cccc(F)c1. The normalized spacial score (nSPS) is 12.2. The first-order valence-electron chi connectivity index (χ1n) is 5.93. The Morgan fingerprint density at radius 3 is 2.74 bits per heavy atom. The van der Waals surface area contributed by atoms with Gasteiger partial charge in [-0.1, -0.05) is 28.1 Å². The molecule has 0 saturated carbocycles. The van der Waals surface area contributed by atoms with Crippen molar-refractivity contribution in [3.8, 4) is 5.75 Å². The van der Waals surface area contributed by atoms with Crippen LogP contribution in [-0.4, -0.2) is 7.11 Å². The summed E-state index contributed by atoms with van der Waals surface area (Å²) in [5.41, 5.74) is 7.97. The lowest BCUT2D eigenvalue weighted by Gasteiger charge is -2.16. The largest absolute Gasteiger partial charge is 0.496 e. The molecule has 0 fully saturated rings. The lowest BCUT2D eigenvalue weighted by atomic mass is 9.99. The molecule has 0 spiro atoms. The van der Waals surface area contributed by atoms with Crippen molar-refractivity contribution in [2.45, 2.75) is 12.5 Å². The Morgan fingerprint density at radius 1 is 1.26 bits per heavy atom. The van der Waals surface area contributed by atoms with Gasteiger partial charge >= 0.3 is 0 Å². The Morgan fingerprint density at radius 2 is 2.05 bits per heavy atom. The van der Waals surface area contributed by atoms with Crippen LogP contribution in [0.2, 0.25) is 0 Å². The van der Waals surface area contributed by atoms with Crippen molar-refractivity contribution < 1.29 is 9.13 Å². The van der Waals surface area contributed by atoms with E-state index >= 15 is 0 Å². The second-order valence-corrected chi connectivity index (χ2v) is 5.24. The van der Waals surface area contributed by atoms with E-state index in [4.69, 9.17) is 10.5 Å². The van der Waals surface area contributed by atoms with Crippen LogP contribution in [0.4, 0.5) is 4.39 Å². The number of nitrogens with two attached hydrogens (primary N) is 1. The number of methoxy groups -OCH3 is 1. The summed E-state index contributed by atoms with van der Waals surface area (Å²) in [5, 5.41) is 0. The van der Waals surface area contributed by atoms with E-state index in [0.717, 1.165) is 21.3 Å². The summed E-state index contributed by atoms with van der Waals surface area (Å²) in [6.07, 6.45) is 0.560. The van der Waals surface area contributed by atoms with Crippen molar-refractivity contribution in [2.24, 2.45) is 5.73 Å². The highest BCUT2D eigenvalue weighted by atomic mass is 79.9. The van der Waals surface area contributed by atoms with Crippen molar-refractivity contribution in [2.75, 3.05) is 7.11 Å². The molecule has 100 valence electrons. The second kappa shape index (κ2) is 6.17. The van der Waals surface area contributed by atoms with Gasteiger partial charge in [-0.05, 0) is 42.3 Å². The minimum Gasteiger partial charge on any atom is -0.496 e. The standard InChI is InChI=1S/C15H15BrFNO/c1-19-15-6-5-11(16)9-13(15)14(18)8-10-3-2-4-12(17)7-10/h2-7,9,14H,8,18H2,1H3. The van der Waals surface area contributed by atoms with E-state index in [-0.39, 0.29) is 11.9 Å². The smallest absolute Gasteiger partial charge is 0.123 e. The topological polar surface area (TPSA) is 35.2 Å². The molecular formula is C15H15BrFNO. The molecule has 2 N–H and O–H groups in total. The van der Waals surface area contributed by atoms with Gasteiger partial charge in [0.1, 0.15) is 11.6 Å². The number of halogens is 2. The number of benzene rings is 2. The van der Waals surface area contributed by atoms with Gasteiger partial charge in [-0.3, -0.25) is 0 Å². The quantitative estimate of drug-likeness (QED) is 0.927. The number of rotatable bonds is 4. The lowest BCUT2D eigenvalue weighted by molar-refractivity contribution is 0.405. The molecule has 0 aliphatic heterocycles. The molecule has 2 nitrogen and oxygen atoms in total. The van der Waals surface area contributed by atoms with Gasteiger partial charge in [-0.25, -0.2) is 4.39 Å². The monoisotopic (exact) mass is 323 g/mol. The van der Waals surface area contributed by atoms with Gasteiger partial charge in [-0.15, -0.1) is 0 Å². The Bertz CT molecular complexity index is 574. The molecule has 2 rings (SSSR count). The third-order valence-corrected chi connectivity index (χ3v) is 3.43. The fourth-order valence-electron chi connectivity index (χ4n) is 2.02. The average Bonchev–Trinajstić information content (AvgIpc) is 2.38. The first-order chi connectivity index (χ1) is 9.10. The van der Waals surface area contributed by atoms with E-state index in [1.165, 1.54) is 12.1 Å². The molecule has 0 radical (unpaired) electrons. The van der Waals surface area contributed by atoms with E-state index in [1.54, 1.807) is 13.2 Å². The average molecular weight is 324 g/mol. The molecule has 0 saturated heterocycles. The predicted molar refractivity (Wildman–Crippen MR) is 77.7 cm³/mol. The maximum absolute atomic E-state index is 13.2. The molecule has 19 heavy (non-hydrogen) atoms. The Hall–Kier alpha value is -1.39. The molecule has 0 aliphatic carbocycles. The van der Waals surface area contributed by atoms with Crippen molar-refractivity contribution in [1.82, 2.24) is 0 Å². The van der Waals surface area contributed by atoms with Crippen LogP contribution in [0.1, 0.15) is 17.2 Å². The van der Waals surface area contributed by atoms with Crippen molar-refractivity contribution in [1.29, 1.82) is 0 Å². The van der Waals surface area contributed by atoms with Crippen molar-refractivity contribution in [3.63, 3.8) is 0 Å². The molecule has 0 amide bonds. The molecule has 4 heteroatoms. The Kier molecular flexibility index (Phi) is 4.56. The van der Waals surface area contributed by atoms with Crippen LogP contribution < -0.4 is 10.5 Å². The van der Waals surface area contributed by atoms with E-state index in [2.05, 4.69) is 15.9 Å². The van der Waals surface area contributed by atoms with E-state index < -0.39 is 0 Å². The maximum Gasteiger partial charge on any atom is 0.123 e. The number of ether oxygens (including phenoxy) is 1. The fraction of sp³-hybridized carbons (Fsp3) is 0.200. The molecule has 0 aliphatic rings. The van der Waals surface area contributed by atoms with Gasteiger partial charge < -0.3 is 10.5 Å². The second-order valence-electron chi connectivity index (χ2n) is 4.33. The highest BCUT2D eigenvalue weighted by Gasteiger charge is 2.13. The van der Waals surface area contributed by atoms with Crippen LogP contribution in [-0.2, 0) is 6.42 Å². The van der Waals surface area contributed by atoms with Crippen LogP contribution in [0.3, 0.4) is 0 Å². The van der Waals surface area contributed by atoms with E-state index in [9.17, 15) is 4.39 Å². The number of hydrogen-bond acceptors (Lipinski definition) is 2. The lowest BCUT2D eigenvalue weighted by Crippen LogP contribution is -2.14. The first kappa shape index (κ1) is 14.0. The summed E-state index contributed by atoms with van der Waals surface area (Å²) in [5.74, 6) is 0.498. The van der Waals surface area contributed by atoms with Crippen LogP contribution >= 0.6 is 15.9 Å². The predicted octanol–water partition coefficient (Wildman–Crippen LogP) is 3.84. The molecule has 0 heterocycles. The number of hydrogen-bond donors (Lipinski definition) is 1. The minimum absolute atomic E-state index is 0.241. The third-order valence-electron chi connectivity index (χ3n) is 2.94. The van der Waals surface area contributed by atoms with Gasteiger partial charge in [0.2, 0.25) is 0 Å². The van der Waals surface area contributed by atoms with Crippen LogP contribution in [0.25, 0.3) is 0 Å². The van der Waals surface area contributed by atoms with Gasteiger partial charge in [0.15, 0.2) is 0 Å². The Balaban J connectivity index is 2.24. The molecule has 2 aromatic rings. The van der Waals surface area contributed by atoms with Crippen LogP contribution in [0.15, 0.2) is 46.9 Å². The van der Waals surface area contributed by atoms with Crippen molar-refractivity contribution >= 4 is 15.9 Å². The maximum atomic E-state index is 13.2. The van der Waals surface area contributed by atoms with Crippen LogP contribution in [0.5, 0.6) is 5.75 Å². The van der Waals surface area contributed by atoms with E-state index in [1.807, 2.05) is 24.3 Å². The zero-order valence-corrected chi connectivity index (χ0v) is 12.2. The first-order valence-corrected chi connectivity index (χ1v) is 6.73. The molecular weight excluding hydrogens is 309 g/mol. The highest BCUT2D eigenvalue weighted by molar-refractivity contribution is 9.10. The summed E-state index contributed by atoms with van der Waals surface area (Å²) < 4.78 is 19.4. The summed E-state index contributed by atoms with van der Waals surface area (Å²) in [6, 6.07) is 11.9. The third kappa shape index (κ3) is 3.55. The molecule has 1 atom stereocenters. The van der Waals surface area contributed by atoms with E-state index in [0.29, 0.717) is 6.42 Å². The molecule has 0 bridgehead atoms. The molecule has 0 aromatic heterocycles. The summed E-state index contributed by atoms with van der Waals surface area (Å²) in [6.45, 7) is 0. The summed E-state index contributed by atoms with van der Waals surface area (Å²) in [7, 11) is 1.61. The molecule has 1 unspecified atom stereocenters. The summed E-state index contributed by atoms with van der Waals surface area (Å²) in [4.78, 5) is 0. The van der Waals surface area contributed by atoms with Gasteiger partial charge in [0.25, 0.3) is 0 Å². The zero-order chi connectivity index (χ0) is 13.8. The highest BCUT2D eigenvalue weighted by Crippen LogP contribution is 2.29. The summed E-state index contributed by atoms with van der Waals surface area (Å²) >= 11 is 3.42. The zero-order valence-electron chi connectivity index (χ0n) is 10.6. The van der Waals surface area contributed by atoms with Gasteiger partial charge in [-0.2, -0.15) is 0 Å². The van der Waals surface area contributed by atoms with Gasteiger partial charge in [0, 0.05) is 16.1 Å². The van der Waals surface area contributed by atoms with Gasteiger partial charge in [0.05, 0.1) is 7.11 Å². The van der Waals surface area contributed by atoms with Crippen molar-refractivity contribution in [3.05, 3.63) is 63.9 Å². The van der Waals surface area contributed by atoms with Crippen LogP contribution in [0, 0.1) is 5.82 Å².